The molecule has 2 aromatic rings. The highest BCUT2D eigenvalue weighted by atomic mass is 19.1. The van der Waals surface area contributed by atoms with Crippen molar-refractivity contribution < 1.29 is 23.4 Å². The molecule has 0 radical (unpaired) electrons. The molecule has 0 aliphatic carbocycles. The Kier molecular flexibility index (Phi) is 5.94. The molecule has 1 atom stereocenters. The van der Waals surface area contributed by atoms with E-state index in [1.807, 2.05) is 0 Å². The Morgan fingerprint density at radius 3 is 2.63 bits per heavy atom. The van der Waals surface area contributed by atoms with Crippen molar-refractivity contribution >= 4 is 5.91 Å². The highest BCUT2D eigenvalue weighted by Crippen LogP contribution is 2.32. The van der Waals surface area contributed by atoms with Gasteiger partial charge in [0, 0.05) is 18.7 Å². The number of halogens is 2. The lowest BCUT2D eigenvalue weighted by atomic mass is 9.91. The van der Waals surface area contributed by atoms with Crippen LogP contribution < -0.4 is 4.74 Å². The van der Waals surface area contributed by atoms with E-state index < -0.39 is 11.6 Å². The van der Waals surface area contributed by atoms with E-state index in [0.29, 0.717) is 25.9 Å². The highest BCUT2D eigenvalue weighted by molar-refractivity contribution is 5.97. The van der Waals surface area contributed by atoms with E-state index in [1.165, 1.54) is 25.3 Å². The number of carbonyl (C=O) groups is 1. The fraction of sp³-hybridized carbons (Fsp3) is 0.381. The molecule has 27 heavy (non-hydrogen) atoms. The first kappa shape index (κ1) is 19.1. The fourth-order valence-electron chi connectivity index (χ4n) is 3.63. The van der Waals surface area contributed by atoms with Crippen LogP contribution in [-0.4, -0.2) is 36.1 Å². The lowest BCUT2D eigenvalue weighted by Gasteiger charge is -2.33. The van der Waals surface area contributed by atoms with E-state index in [1.54, 1.807) is 23.1 Å². The van der Waals surface area contributed by atoms with Gasteiger partial charge >= 0.3 is 0 Å². The zero-order chi connectivity index (χ0) is 19.4. The van der Waals surface area contributed by atoms with E-state index in [0.717, 1.165) is 12.8 Å². The number of methoxy groups -OCH3 is 1. The number of rotatable bonds is 5. The van der Waals surface area contributed by atoms with Crippen LogP contribution in [-0.2, 0) is 6.42 Å². The molecule has 1 aliphatic heterocycles. The summed E-state index contributed by atoms with van der Waals surface area (Å²) in [5.41, 5.74) is 0.307. The number of phenols is 1. The maximum Gasteiger partial charge on any atom is 0.257 e. The molecular weight excluding hydrogens is 352 g/mol. The number of piperidine rings is 1. The Bertz CT molecular complexity index is 805. The number of para-hydroxylation sites is 1. The van der Waals surface area contributed by atoms with E-state index in [-0.39, 0.29) is 34.5 Å². The van der Waals surface area contributed by atoms with Gasteiger partial charge in [0.25, 0.3) is 5.91 Å². The van der Waals surface area contributed by atoms with Crippen molar-refractivity contribution in [2.75, 3.05) is 20.2 Å². The summed E-state index contributed by atoms with van der Waals surface area (Å²) in [7, 11) is 1.43. The highest BCUT2D eigenvalue weighted by Gasteiger charge is 2.27. The molecule has 0 unspecified atom stereocenters. The number of ether oxygens (including phenoxy) is 1. The van der Waals surface area contributed by atoms with Crippen LogP contribution in [0.15, 0.2) is 36.4 Å². The molecular formula is C21H23F2NO3. The zero-order valence-electron chi connectivity index (χ0n) is 15.3. The second-order valence-corrected chi connectivity index (χ2v) is 6.85. The largest absolute Gasteiger partial charge is 0.504 e. The van der Waals surface area contributed by atoms with Gasteiger partial charge in [0.1, 0.15) is 11.6 Å². The minimum Gasteiger partial charge on any atom is -0.504 e. The first-order valence-electron chi connectivity index (χ1n) is 9.09. The van der Waals surface area contributed by atoms with Crippen LogP contribution in [0.1, 0.15) is 35.2 Å². The molecule has 0 saturated carbocycles. The number of hydrogen-bond acceptors (Lipinski definition) is 3. The Balaban J connectivity index is 1.66. The van der Waals surface area contributed by atoms with Gasteiger partial charge in [-0.05, 0) is 55.9 Å². The van der Waals surface area contributed by atoms with Crippen molar-refractivity contribution in [2.24, 2.45) is 5.92 Å². The lowest BCUT2D eigenvalue weighted by molar-refractivity contribution is 0.0664. The number of likely N-dealkylation sites (tertiary alicyclic amines) is 1. The number of aromatic hydroxyl groups is 1. The number of hydrogen-bond donors (Lipinski definition) is 1. The van der Waals surface area contributed by atoms with Gasteiger partial charge in [-0.15, -0.1) is 0 Å². The maximum absolute atomic E-state index is 13.8. The van der Waals surface area contributed by atoms with Gasteiger partial charge in [-0.25, -0.2) is 8.78 Å². The van der Waals surface area contributed by atoms with E-state index >= 15 is 0 Å². The average Bonchev–Trinajstić information content (AvgIpc) is 2.67. The van der Waals surface area contributed by atoms with Crippen molar-refractivity contribution in [3.05, 3.63) is 59.2 Å². The van der Waals surface area contributed by atoms with Crippen LogP contribution >= 0.6 is 0 Å². The van der Waals surface area contributed by atoms with Gasteiger partial charge in [-0.2, -0.15) is 0 Å². The van der Waals surface area contributed by atoms with Crippen LogP contribution in [0.25, 0.3) is 0 Å². The first-order chi connectivity index (χ1) is 13.0. The van der Waals surface area contributed by atoms with Crippen molar-refractivity contribution in [1.29, 1.82) is 0 Å². The summed E-state index contributed by atoms with van der Waals surface area (Å²) in [6, 6.07) is 8.71. The fourth-order valence-corrected chi connectivity index (χ4v) is 3.63. The molecule has 1 aliphatic rings. The Hall–Kier alpha value is -2.63. The van der Waals surface area contributed by atoms with Gasteiger partial charge in [0.05, 0.1) is 12.7 Å². The zero-order valence-corrected chi connectivity index (χ0v) is 15.3. The number of benzene rings is 2. The summed E-state index contributed by atoms with van der Waals surface area (Å²) in [4.78, 5) is 14.5. The third-order valence-electron chi connectivity index (χ3n) is 5.12. The Morgan fingerprint density at radius 2 is 1.93 bits per heavy atom. The monoisotopic (exact) mass is 375 g/mol. The maximum atomic E-state index is 13.8. The lowest BCUT2D eigenvalue weighted by Crippen LogP contribution is -2.40. The summed E-state index contributed by atoms with van der Waals surface area (Å²) in [5.74, 6) is -1.06. The molecule has 4 nitrogen and oxygen atoms in total. The quantitative estimate of drug-likeness (QED) is 0.854. The third kappa shape index (κ3) is 4.21. The molecule has 0 spiro atoms. The average molecular weight is 375 g/mol. The molecule has 1 amide bonds. The van der Waals surface area contributed by atoms with Crippen LogP contribution in [0.4, 0.5) is 8.78 Å². The van der Waals surface area contributed by atoms with Crippen LogP contribution in [0.2, 0.25) is 0 Å². The molecule has 1 N–H and O–H groups in total. The molecule has 1 saturated heterocycles. The SMILES string of the molecule is COc1cccc(C(=O)N2CCC[C@@H](CCc3c(F)cccc3F)C2)c1O. The standard InChI is InChI=1S/C21H23F2NO3/c1-27-19-9-2-6-16(20(19)25)21(26)24-12-4-5-14(13-24)10-11-15-17(22)7-3-8-18(15)23/h2-3,6-9,14,25H,4-5,10-13H2,1H3/t14-/m0/s1. The predicted molar refractivity (Wildman–Crippen MR) is 98.0 cm³/mol. The van der Waals surface area contributed by atoms with Crippen LogP contribution in [0, 0.1) is 17.6 Å². The Morgan fingerprint density at radius 1 is 1.22 bits per heavy atom. The first-order valence-corrected chi connectivity index (χ1v) is 9.09. The van der Waals surface area contributed by atoms with Gasteiger partial charge < -0.3 is 14.7 Å². The summed E-state index contributed by atoms with van der Waals surface area (Å²) in [6.45, 7) is 1.10. The molecule has 3 rings (SSSR count). The summed E-state index contributed by atoms with van der Waals surface area (Å²) in [5, 5.41) is 10.2. The predicted octanol–water partition coefficient (Wildman–Crippen LogP) is 4.16. The van der Waals surface area contributed by atoms with Crippen LogP contribution in [0.5, 0.6) is 11.5 Å². The minimum absolute atomic E-state index is 0.103. The molecule has 0 bridgehead atoms. The second-order valence-electron chi connectivity index (χ2n) is 6.85. The summed E-state index contributed by atoms with van der Waals surface area (Å²) in [6.07, 6.45) is 2.63. The van der Waals surface area contributed by atoms with Gasteiger partial charge in [-0.1, -0.05) is 12.1 Å². The van der Waals surface area contributed by atoms with Gasteiger partial charge in [0.15, 0.2) is 11.5 Å². The van der Waals surface area contributed by atoms with Crippen molar-refractivity contribution in [1.82, 2.24) is 4.90 Å². The number of amides is 1. The number of phenolic OH excluding ortho intramolecular Hbond substituents is 1. The second kappa shape index (κ2) is 8.37. The Labute approximate surface area is 157 Å². The summed E-state index contributed by atoms with van der Waals surface area (Å²) < 4.78 is 32.7. The molecule has 0 aromatic heterocycles. The third-order valence-corrected chi connectivity index (χ3v) is 5.12. The molecule has 1 fully saturated rings. The molecule has 2 aromatic carbocycles. The molecule has 1 heterocycles. The van der Waals surface area contributed by atoms with Gasteiger partial charge in [-0.3, -0.25) is 4.79 Å². The van der Waals surface area contributed by atoms with Crippen molar-refractivity contribution in [3.8, 4) is 11.5 Å². The minimum atomic E-state index is -0.528. The van der Waals surface area contributed by atoms with Crippen molar-refractivity contribution in [3.63, 3.8) is 0 Å². The summed E-state index contributed by atoms with van der Waals surface area (Å²) >= 11 is 0. The normalized spacial score (nSPS) is 17.0. The van der Waals surface area contributed by atoms with Crippen molar-refractivity contribution in [2.45, 2.75) is 25.7 Å². The smallest absolute Gasteiger partial charge is 0.257 e. The number of carbonyl (C=O) groups excluding carboxylic acids is 1. The molecule has 6 heteroatoms. The van der Waals surface area contributed by atoms with E-state index in [9.17, 15) is 18.7 Å². The van der Waals surface area contributed by atoms with Crippen LogP contribution in [0.3, 0.4) is 0 Å². The number of nitrogens with zero attached hydrogens (tertiary/aromatic N) is 1. The molecule has 144 valence electrons. The topological polar surface area (TPSA) is 49.8 Å². The van der Waals surface area contributed by atoms with E-state index in [2.05, 4.69) is 0 Å². The van der Waals surface area contributed by atoms with Gasteiger partial charge in [0.2, 0.25) is 0 Å². The van der Waals surface area contributed by atoms with E-state index in [4.69, 9.17) is 4.74 Å².